The first kappa shape index (κ1) is 12.9. The number of nitrogens with one attached hydrogen (secondary N) is 2. The van der Waals surface area contributed by atoms with Crippen LogP contribution in [0.2, 0.25) is 0 Å². The van der Waals surface area contributed by atoms with Crippen molar-refractivity contribution in [3.8, 4) is 5.75 Å². The predicted octanol–water partition coefficient (Wildman–Crippen LogP) is 1.71. The van der Waals surface area contributed by atoms with Gasteiger partial charge in [-0.05, 0) is 18.9 Å². The second kappa shape index (κ2) is 5.87. The summed E-state index contributed by atoms with van der Waals surface area (Å²) >= 11 is 0. The molecular formula is C14H20N2O2. The maximum absolute atomic E-state index is 11.1. The maximum atomic E-state index is 11.1. The van der Waals surface area contributed by atoms with E-state index in [-0.39, 0.29) is 18.0 Å². The number of para-hydroxylation sites is 1. The van der Waals surface area contributed by atoms with Gasteiger partial charge in [0.2, 0.25) is 5.91 Å². The zero-order chi connectivity index (χ0) is 13.0. The molecule has 2 unspecified atom stereocenters. The van der Waals surface area contributed by atoms with Gasteiger partial charge in [0.15, 0.2) is 0 Å². The third-order valence-electron chi connectivity index (χ3n) is 3.42. The van der Waals surface area contributed by atoms with Crippen molar-refractivity contribution in [3.05, 3.63) is 29.8 Å². The second-order valence-electron chi connectivity index (χ2n) is 4.73. The van der Waals surface area contributed by atoms with E-state index in [0.717, 1.165) is 24.9 Å². The van der Waals surface area contributed by atoms with E-state index in [1.54, 1.807) is 6.07 Å². The molecule has 1 heterocycles. The summed E-state index contributed by atoms with van der Waals surface area (Å²) in [4.78, 5) is 11.1. The van der Waals surface area contributed by atoms with Gasteiger partial charge >= 0.3 is 0 Å². The summed E-state index contributed by atoms with van der Waals surface area (Å²) in [6.07, 6.45) is 2.42. The Kier molecular flexibility index (Phi) is 4.20. The van der Waals surface area contributed by atoms with Gasteiger partial charge in [-0.2, -0.15) is 0 Å². The predicted molar refractivity (Wildman–Crippen MR) is 70.3 cm³/mol. The number of rotatable bonds is 5. The number of phenols is 1. The van der Waals surface area contributed by atoms with Gasteiger partial charge in [0.1, 0.15) is 5.75 Å². The van der Waals surface area contributed by atoms with Gasteiger partial charge in [-0.15, -0.1) is 0 Å². The zero-order valence-electron chi connectivity index (χ0n) is 10.6. The fourth-order valence-electron chi connectivity index (χ4n) is 2.37. The van der Waals surface area contributed by atoms with Crippen molar-refractivity contribution in [2.75, 3.05) is 6.54 Å². The molecule has 1 aromatic carbocycles. The molecule has 4 nitrogen and oxygen atoms in total. The first-order chi connectivity index (χ1) is 8.70. The van der Waals surface area contributed by atoms with Crippen LogP contribution < -0.4 is 10.6 Å². The minimum Gasteiger partial charge on any atom is -0.508 e. The Morgan fingerprint density at radius 1 is 1.50 bits per heavy atom. The van der Waals surface area contributed by atoms with Gasteiger partial charge in [0, 0.05) is 30.6 Å². The first-order valence-electron chi connectivity index (χ1n) is 6.51. The van der Waals surface area contributed by atoms with Crippen LogP contribution in [0.1, 0.15) is 37.8 Å². The fourth-order valence-corrected chi connectivity index (χ4v) is 2.37. The van der Waals surface area contributed by atoms with E-state index in [0.29, 0.717) is 12.2 Å². The molecule has 1 aromatic rings. The van der Waals surface area contributed by atoms with Crippen molar-refractivity contribution in [2.24, 2.45) is 0 Å². The Morgan fingerprint density at radius 2 is 2.28 bits per heavy atom. The number of hydrogen-bond acceptors (Lipinski definition) is 3. The molecular weight excluding hydrogens is 228 g/mol. The highest BCUT2D eigenvalue weighted by Gasteiger charge is 2.22. The van der Waals surface area contributed by atoms with Gasteiger partial charge in [-0.3, -0.25) is 4.79 Å². The molecule has 2 atom stereocenters. The monoisotopic (exact) mass is 248 g/mol. The van der Waals surface area contributed by atoms with Gasteiger partial charge in [-0.25, -0.2) is 0 Å². The Hall–Kier alpha value is -1.55. The van der Waals surface area contributed by atoms with Crippen molar-refractivity contribution in [1.29, 1.82) is 0 Å². The maximum Gasteiger partial charge on any atom is 0.220 e. The highest BCUT2D eigenvalue weighted by molar-refractivity contribution is 5.78. The van der Waals surface area contributed by atoms with Crippen molar-refractivity contribution >= 4 is 5.91 Å². The molecule has 0 spiro atoms. The molecule has 18 heavy (non-hydrogen) atoms. The molecule has 1 aliphatic rings. The molecule has 98 valence electrons. The SMILES string of the molecule is CCC(NCC1CCC(=O)N1)c1ccccc1O. The fraction of sp³-hybridized carbons (Fsp3) is 0.500. The van der Waals surface area contributed by atoms with E-state index in [2.05, 4.69) is 17.6 Å². The van der Waals surface area contributed by atoms with Crippen LogP contribution in [0.15, 0.2) is 24.3 Å². The minimum atomic E-state index is 0.128. The molecule has 3 N–H and O–H groups in total. The molecule has 0 aromatic heterocycles. The largest absolute Gasteiger partial charge is 0.508 e. The van der Waals surface area contributed by atoms with Crippen molar-refractivity contribution < 1.29 is 9.90 Å². The highest BCUT2D eigenvalue weighted by Crippen LogP contribution is 2.25. The molecule has 0 bridgehead atoms. The lowest BCUT2D eigenvalue weighted by molar-refractivity contribution is -0.119. The Morgan fingerprint density at radius 3 is 2.89 bits per heavy atom. The zero-order valence-corrected chi connectivity index (χ0v) is 10.6. The molecule has 1 saturated heterocycles. The van der Waals surface area contributed by atoms with Crippen LogP contribution in [0.5, 0.6) is 5.75 Å². The molecule has 0 saturated carbocycles. The van der Waals surface area contributed by atoms with E-state index >= 15 is 0 Å². The van der Waals surface area contributed by atoms with Crippen LogP contribution in [0, 0.1) is 0 Å². The Labute approximate surface area is 107 Å². The third-order valence-corrected chi connectivity index (χ3v) is 3.42. The lowest BCUT2D eigenvalue weighted by atomic mass is 10.0. The summed E-state index contributed by atoms with van der Waals surface area (Å²) in [5, 5.41) is 16.2. The smallest absolute Gasteiger partial charge is 0.220 e. The Balaban J connectivity index is 1.93. The summed E-state index contributed by atoms with van der Waals surface area (Å²) < 4.78 is 0. The number of carbonyl (C=O) groups is 1. The van der Waals surface area contributed by atoms with Crippen LogP contribution >= 0.6 is 0 Å². The molecule has 1 aliphatic heterocycles. The van der Waals surface area contributed by atoms with E-state index in [4.69, 9.17) is 0 Å². The third kappa shape index (κ3) is 3.01. The number of amides is 1. The minimum absolute atomic E-state index is 0.128. The number of hydrogen-bond donors (Lipinski definition) is 3. The molecule has 1 amide bonds. The van der Waals surface area contributed by atoms with Crippen LogP contribution in [0.4, 0.5) is 0 Å². The van der Waals surface area contributed by atoms with Gasteiger partial charge in [-0.1, -0.05) is 25.1 Å². The highest BCUT2D eigenvalue weighted by atomic mass is 16.3. The Bertz CT molecular complexity index is 420. The van der Waals surface area contributed by atoms with E-state index in [1.807, 2.05) is 18.2 Å². The van der Waals surface area contributed by atoms with Gasteiger partial charge in [0.25, 0.3) is 0 Å². The standard InChI is InChI=1S/C14H20N2O2/c1-2-12(11-5-3-4-6-13(11)17)15-9-10-7-8-14(18)16-10/h3-6,10,12,15,17H,2,7-9H2,1H3,(H,16,18). The normalized spacial score (nSPS) is 20.7. The van der Waals surface area contributed by atoms with Crippen LogP contribution in [0.25, 0.3) is 0 Å². The average molecular weight is 248 g/mol. The number of carbonyl (C=O) groups excluding carboxylic acids is 1. The van der Waals surface area contributed by atoms with Crippen molar-refractivity contribution in [1.82, 2.24) is 10.6 Å². The molecule has 4 heteroatoms. The van der Waals surface area contributed by atoms with Crippen LogP contribution in [-0.4, -0.2) is 23.6 Å². The van der Waals surface area contributed by atoms with Crippen LogP contribution in [-0.2, 0) is 4.79 Å². The summed E-state index contributed by atoms with van der Waals surface area (Å²) in [5.74, 6) is 0.463. The summed E-state index contributed by atoms with van der Waals surface area (Å²) in [7, 11) is 0. The summed E-state index contributed by atoms with van der Waals surface area (Å²) in [5.41, 5.74) is 0.921. The van der Waals surface area contributed by atoms with Gasteiger partial charge in [0.05, 0.1) is 0 Å². The quantitative estimate of drug-likeness (QED) is 0.743. The summed E-state index contributed by atoms with van der Waals surface area (Å²) in [6.45, 7) is 2.83. The first-order valence-corrected chi connectivity index (χ1v) is 6.51. The van der Waals surface area contributed by atoms with E-state index < -0.39 is 0 Å². The summed E-state index contributed by atoms with van der Waals surface area (Å²) in [6, 6.07) is 7.74. The van der Waals surface area contributed by atoms with Crippen LogP contribution in [0.3, 0.4) is 0 Å². The van der Waals surface area contributed by atoms with Crippen molar-refractivity contribution in [2.45, 2.75) is 38.3 Å². The molecule has 0 radical (unpaired) electrons. The second-order valence-corrected chi connectivity index (χ2v) is 4.73. The number of aromatic hydroxyl groups is 1. The topological polar surface area (TPSA) is 61.4 Å². The average Bonchev–Trinajstić information content (AvgIpc) is 2.78. The van der Waals surface area contributed by atoms with E-state index in [9.17, 15) is 9.90 Å². The van der Waals surface area contributed by atoms with E-state index in [1.165, 1.54) is 0 Å². The van der Waals surface area contributed by atoms with Gasteiger partial charge < -0.3 is 15.7 Å². The number of phenolic OH excluding ortho intramolecular Hbond substituents is 1. The number of benzene rings is 1. The lowest BCUT2D eigenvalue weighted by Gasteiger charge is -2.20. The molecule has 2 rings (SSSR count). The molecule has 1 fully saturated rings. The van der Waals surface area contributed by atoms with Crippen molar-refractivity contribution in [3.63, 3.8) is 0 Å². The lowest BCUT2D eigenvalue weighted by Crippen LogP contribution is -2.37. The molecule has 0 aliphatic carbocycles.